The van der Waals surface area contributed by atoms with Crippen LogP contribution in [0.2, 0.25) is 5.02 Å². The van der Waals surface area contributed by atoms with Crippen LogP contribution in [-0.2, 0) is 16.1 Å². The van der Waals surface area contributed by atoms with Crippen LogP contribution < -0.4 is 10.9 Å². The maximum Gasteiger partial charge on any atom is 0.361 e. The van der Waals surface area contributed by atoms with Crippen molar-refractivity contribution in [2.24, 2.45) is 5.73 Å². The molecule has 3 aromatic carbocycles. The molecule has 5 heteroatoms. The zero-order valence-electron chi connectivity index (χ0n) is 14.0. The van der Waals surface area contributed by atoms with Crippen molar-refractivity contribution in [2.75, 3.05) is 0 Å². The molecular formula is C21H18ClN2O2+. The van der Waals surface area contributed by atoms with Gasteiger partial charge in [-0.2, -0.15) is 0 Å². The summed E-state index contributed by atoms with van der Waals surface area (Å²) in [5.74, 6) is -0.254. The summed E-state index contributed by atoms with van der Waals surface area (Å²) >= 11 is 6.05. The van der Waals surface area contributed by atoms with Crippen LogP contribution in [0, 0.1) is 0 Å². The van der Waals surface area contributed by atoms with Crippen molar-refractivity contribution < 1.29 is 14.8 Å². The van der Waals surface area contributed by atoms with Crippen LogP contribution in [-0.4, -0.2) is 11.8 Å². The number of rotatable bonds is 5. The van der Waals surface area contributed by atoms with Crippen molar-refractivity contribution in [1.29, 1.82) is 0 Å². The molecule has 26 heavy (non-hydrogen) atoms. The summed E-state index contributed by atoms with van der Waals surface area (Å²) in [4.78, 5) is 17.0. The summed E-state index contributed by atoms with van der Waals surface area (Å²) in [6.07, 6.45) is 0.137. The Morgan fingerprint density at radius 3 is 2.19 bits per heavy atom. The van der Waals surface area contributed by atoms with Crippen molar-refractivity contribution >= 4 is 23.4 Å². The molecule has 0 aliphatic carbocycles. The number of halogens is 1. The molecule has 0 radical (unpaired) electrons. The molecule has 0 bridgehead atoms. The molecule has 3 N–H and O–H groups in total. The third-order valence-electron chi connectivity index (χ3n) is 3.85. The third kappa shape index (κ3) is 4.49. The van der Waals surface area contributed by atoms with Gasteiger partial charge in [-0.25, -0.2) is 4.79 Å². The topological polar surface area (TPSA) is 66.3 Å². The second-order valence-electron chi connectivity index (χ2n) is 5.71. The van der Waals surface area contributed by atoms with E-state index in [1.54, 1.807) is 24.3 Å². The standard InChI is InChI=1S/C21H17ClN2O2/c22-19-9-5-4-8-18(19)21(23)24-26-20(25)14-15-10-12-17(13-11-15)16-6-2-1-3-7-16/h1-13H,14H2,(H2,23,24)/p+1. The van der Waals surface area contributed by atoms with E-state index in [0.717, 1.165) is 16.7 Å². The molecule has 0 spiro atoms. The van der Waals surface area contributed by atoms with Crippen LogP contribution in [0.15, 0.2) is 78.9 Å². The highest BCUT2D eigenvalue weighted by Crippen LogP contribution is 2.19. The Bertz CT molecular complexity index is 922. The van der Waals surface area contributed by atoms with Gasteiger partial charge in [-0.05, 0) is 28.8 Å². The van der Waals surface area contributed by atoms with E-state index in [1.165, 1.54) is 0 Å². The molecule has 130 valence electrons. The van der Waals surface area contributed by atoms with Crippen LogP contribution in [0.3, 0.4) is 0 Å². The minimum Gasteiger partial charge on any atom is -0.284 e. The normalized spacial score (nSPS) is 11.2. The van der Waals surface area contributed by atoms with Gasteiger partial charge in [-0.15, -0.1) is 0 Å². The van der Waals surface area contributed by atoms with E-state index in [4.69, 9.17) is 22.2 Å². The summed E-state index contributed by atoms with van der Waals surface area (Å²) in [7, 11) is 0. The van der Waals surface area contributed by atoms with Gasteiger partial charge in [0, 0.05) is 0 Å². The van der Waals surface area contributed by atoms with Gasteiger partial charge in [0.2, 0.25) is 0 Å². The van der Waals surface area contributed by atoms with E-state index < -0.39 is 5.97 Å². The van der Waals surface area contributed by atoms with Crippen LogP contribution in [0.5, 0.6) is 0 Å². The molecule has 0 saturated carbocycles. The number of hydrogen-bond acceptors (Lipinski definition) is 2. The fraction of sp³-hybridized carbons (Fsp3) is 0.0476. The monoisotopic (exact) mass is 365 g/mol. The Morgan fingerprint density at radius 1 is 0.885 bits per heavy atom. The van der Waals surface area contributed by atoms with Gasteiger partial charge in [0.05, 0.1) is 17.0 Å². The highest BCUT2D eigenvalue weighted by molar-refractivity contribution is 6.33. The van der Waals surface area contributed by atoms with Crippen LogP contribution in [0.1, 0.15) is 11.1 Å². The molecule has 0 fully saturated rings. The molecule has 0 heterocycles. The number of carbonyl (C=O) groups excluding carboxylic acids is 1. The van der Waals surface area contributed by atoms with Crippen molar-refractivity contribution in [1.82, 2.24) is 0 Å². The first-order valence-electron chi connectivity index (χ1n) is 8.11. The molecule has 0 saturated heterocycles. The lowest BCUT2D eigenvalue weighted by molar-refractivity contribution is -0.724. The minimum atomic E-state index is -0.438. The number of benzene rings is 3. The van der Waals surface area contributed by atoms with E-state index >= 15 is 0 Å². The highest BCUT2D eigenvalue weighted by Gasteiger charge is 2.12. The van der Waals surface area contributed by atoms with E-state index in [9.17, 15) is 4.79 Å². The smallest absolute Gasteiger partial charge is 0.284 e. The van der Waals surface area contributed by atoms with Crippen LogP contribution in [0.4, 0.5) is 0 Å². The van der Waals surface area contributed by atoms with Gasteiger partial charge in [0.15, 0.2) is 0 Å². The first-order chi connectivity index (χ1) is 12.6. The summed E-state index contributed by atoms with van der Waals surface area (Å²) < 4.78 is 0. The average molecular weight is 366 g/mol. The minimum absolute atomic E-state index is 0.137. The lowest BCUT2D eigenvalue weighted by Crippen LogP contribution is -2.75. The zero-order chi connectivity index (χ0) is 18.4. The predicted molar refractivity (Wildman–Crippen MR) is 102 cm³/mol. The van der Waals surface area contributed by atoms with Crippen molar-refractivity contribution in [2.45, 2.75) is 6.42 Å². The lowest BCUT2D eigenvalue weighted by Gasteiger charge is -2.03. The first-order valence-corrected chi connectivity index (χ1v) is 8.48. The Morgan fingerprint density at radius 2 is 1.50 bits per heavy atom. The van der Waals surface area contributed by atoms with Crippen LogP contribution >= 0.6 is 11.6 Å². The molecule has 0 unspecified atom stereocenters. The number of hydrogen-bond donors (Lipinski definition) is 2. The maximum absolute atomic E-state index is 12.0. The zero-order valence-corrected chi connectivity index (χ0v) is 14.7. The van der Waals surface area contributed by atoms with Gasteiger partial charge in [-0.3, -0.25) is 10.6 Å². The molecule has 0 aliphatic heterocycles. The van der Waals surface area contributed by atoms with Gasteiger partial charge < -0.3 is 0 Å². The number of carbonyl (C=O) groups is 1. The summed E-state index contributed by atoms with van der Waals surface area (Å²) in [5, 5.41) is 2.93. The molecule has 0 amide bonds. The van der Waals surface area contributed by atoms with Gasteiger partial charge >= 0.3 is 11.8 Å². The molecule has 3 aromatic rings. The first kappa shape index (κ1) is 17.7. The SMILES string of the molecule is NC(=[NH+]OC(=O)Cc1ccc(-c2ccccc2)cc1)c1ccccc1Cl. The predicted octanol–water partition coefficient (Wildman–Crippen LogP) is 2.49. The second kappa shape index (κ2) is 8.32. The molecular weight excluding hydrogens is 348 g/mol. The lowest BCUT2D eigenvalue weighted by atomic mass is 10.0. The molecule has 0 aliphatic rings. The molecule has 0 aromatic heterocycles. The quantitative estimate of drug-likeness (QED) is 0.316. The van der Waals surface area contributed by atoms with E-state index in [0.29, 0.717) is 10.6 Å². The molecule has 4 nitrogen and oxygen atoms in total. The van der Waals surface area contributed by atoms with Crippen molar-refractivity contribution in [3.8, 4) is 11.1 Å². The molecule has 3 rings (SSSR count). The number of amidine groups is 1. The summed E-state index contributed by atoms with van der Waals surface area (Å²) in [5.41, 5.74) is 9.52. The van der Waals surface area contributed by atoms with Crippen LogP contribution in [0.25, 0.3) is 11.1 Å². The van der Waals surface area contributed by atoms with Gasteiger partial charge in [0.1, 0.15) is 0 Å². The highest BCUT2D eigenvalue weighted by atomic mass is 35.5. The maximum atomic E-state index is 12.0. The Kier molecular flexibility index (Phi) is 5.66. The summed E-state index contributed by atoms with van der Waals surface area (Å²) in [6, 6.07) is 24.9. The van der Waals surface area contributed by atoms with Crippen molar-refractivity contribution in [3.63, 3.8) is 0 Å². The fourth-order valence-corrected chi connectivity index (χ4v) is 2.73. The number of nitrogens with two attached hydrogens (primary N) is 1. The summed E-state index contributed by atoms with van der Waals surface area (Å²) in [6.45, 7) is 0. The molecule has 0 atom stereocenters. The fourth-order valence-electron chi connectivity index (χ4n) is 2.49. The van der Waals surface area contributed by atoms with E-state index in [1.807, 2.05) is 54.6 Å². The number of nitrogens with one attached hydrogen (secondary N) is 1. The average Bonchev–Trinajstić information content (AvgIpc) is 2.68. The number of nitrogen functional groups attached to an aromatic ring is 1. The Labute approximate surface area is 156 Å². The van der Waals surface area contributed by atoms with E-state index in [-0.39, 0.29) is 12.3 Å². The second-order valence-corrected chi connectivity index (χ2v) is 6.12. The Balaban J connectivity index is 1.61. The van der Waals surface area contributed by atoms with Gasteiger partial charge in [0.25, 0.3) is 0 Å². The van der Waals surface area contributed by atoms with Gasteiger partial charge in [-0.1, -0.05) is 83.5 Å². The largest absolute Gasteiger partial charge is 0.361 e. The third-order valence-corrected chi connectivity index (χ3v) is 4.18. The Hall–Kier alpha value is -3.11. The van der Waals surface area contributed by atoms with Crippen molar-refractivity contribution in [3.05, 3.63) is 95.0 Å². The van der Waals surface area contributed by atoms with E-state index in [2.05, 4.69) is 5.16 Å².